The first kappa shape index (κ1) is 19.6. The summed E-state index contributed by atoms with van der Waals surface area (Å²) in [6.45, 7) is 4.52. The van der Waals surface area contributed by atoms with Gasteiger partial charge in [-0.25, -0.2) is 4.39 Å². The molecule has 1 saturated heterocycles. The quantitative estimate of drug-likeness (QED) is 0.734. The molecule has 2 aromatic rings. The number of benzene rings is 1. The summed E-state index contributed by atoms with van der Waals surface area (Å²) >= 11 is 1.74. The molecule has 0 atom stereocenters. The molecule has 28 heavy (non-hydrogen) atoms. The summed E-state index contributed by atoms with van der Waals surface area (Å²) in [6, 6.07) is 8.86. The molecule has 1 saturated carbocycles. The highest BCUT2D eigenvalue weighted by Crippen LogP contribution is 2.41. The number of hydrogen-bond donors (Lipinski definition) is 0. The number of rotatable bonds is 4. The van der Waals surface area contributed by atoms with Crippen molar-refractivity contribution in [3.8, 4) is 0 Å². The minimum atomic E-state index is -0.464. The van der Waals surface area contributed by atoms with Gasteiger partial charge in [0.1, 0.15) is 5.82 Å². The number of halogens is 1. The molecular weight excluding hydrogens is 371 g/mol. The lowest BCUT2D eigenvalue weighted by Gasteiger charge is -2.40. The molecule has 150 valence electrons. The first-order valence-corrected chi connectivity index (χ1v) is 11.4. The van der Waals surface area contributed by atoms with Crippen LogP contribution < -0.4 is 0 Å². The van der Waals surface area contributed by atoms with Crippen molar-refractivity contribution in [1.29, 1.82) is 0 Å². The predicted octanol–water partition coefficient (Wildman–Crippen LogP) is 4.82. The molecule has 0 unspecified atom stereocenters. The van der Waals surface area contributed by atoms with E-state index in [0.29, 0.717) is 0 Å². The Hall–Kier alpha value is -1.72. The highest BCUT2D eigenvalue weighted by Gasteiger charge is 2.43. The van der Waals surface area contributed by atoms with Gasteiger partial charge in [-0.05, 0) is 59.3 Å². The van der Waals surface area contributed by atoms with Crippen LogP contribution in [-0.4, -0.2) is 41.9 Å². The normalized spacial score (nSPS) is 20.7. The summed E-state index contributed by atoms with van der Waals surface area (Å²) < 4.78 is 13.5. The van der Waals surface area contributed by atoms with Gasteiger partial charge >= 0.3 is 0 Å². The Morgan fingerprint density at radius 3 is 2.46 bits per heavy atom. The van der Waals surface area contributed by atoms with E-state index >= 15 is 0 Å². The molecule has 1 aliphatic heterocycles. The summed E-state index contributed by atoms with van der Waals surface area (Å²) in [6.07, 6.45) is 6.10. The van der Waals surface area contributed by atoms with Crippen LogP contribution in [0.5, 0.6) is 0 Å². The minimum absolute atomic E-state index is 0.235. The second kappa shape index (κ2) is 8.75. The van der Waals surface area contributed by atoms with E-state index in [1.54, 1.807) is 11.3 Å². The van der Waals surface area contributed by atoms with Crippen molar-refractivity contribution in [3.05, 3.63) is 58.0 Å². The van der Waals surface area contributed by atoms with Gasteiger partial charge in [0.05, 0.1) is 5.41 Å². The van der Waals surface area contributed by atoms with E-state index in [2.05, 4.69) is 26.6 Å². The summed E-state index contributed by atoms with van der Waals surface area (Å²) in [5.41, 5.74) is 1.90. The molecule has 0 spiro atoms. The topological polar surface area (TPSA) is 23.6 Å². The van der Waals surface area contributed by atoms with Crippen LogP contribution in [-0.2, 0) is 16.8 Å². The van der Waals surface area contributed by atoms with Crippen LogP contribution in [0.25, 0.3) is 0 Å². The van der Waals surface area contributed by atoms with Crippen molar-refractivity contribution in [2.45, 2.75) is 50.5 Å². The molecule has 5 heteroatoms. The monoisotopic (exact) mass is 400 g/mol. The van der Waals surface area contributed by atoms with Crippen LogP contribution in [0.2, 0.25) is 0 Å². The number of hydrogen-bond acceptors (Lipinski definition) is 3. The maximum absolute atomic E-state index is 13.8. The Morgan fingerprint density at radius 1 is 0.964 bits per heavy atom. The third-order valence-electron chi connectivity index (χ3n) is 6.38. The smallest absolute Gasteiger partial charge is 0.233 e. The fourth-order valence-electron chi connectivity index (χ4n) is 4.83. The average Bonchev–Trinajstić information content (AvgIpc) is 3.13. The number of carbonyl (C=O) groups excluding carboxylic acids is 1. The Kier molecular flexibility index (Phi) is 6.12. The summed E-state index contributed by atoms with van der Waals surface area (Å²) in [4.78, 5) is 18.3. The SMILES string of the molecule is O=C(N1CCCN(Cc2ccsc2)CC1)C1(c2ccc(F)cc2)CCCCC1. The standard InChI is InChI=1S/C23H29FN2OS/c24-21-7-5-20(6-8-21)23(10-2-1-3-11-23)22(27)26-13-4-12-25(14-15-26)17-19-9-16-28-18-19/h5-9,16,18H,1-4,10-15,17H2. The van der Waals surface area contributed by atoms with E-state index in [1.807, 2.05) is 12.1 Å². The third-order valence-corrected chi connectivity index (χ3v) is 7.11. The molecule has 0 radical (unpaired) electrons. The van der Waals surface area contributed by atoms with Crippen LogP contribution in [0.3, 0.4) is 0 Å². The number of nitrogens with zero attached hydrogens (tertiary/aromatic N) is 2. The number of thiophene rings is 1. The molecule has 0 N–H and O–H groups in total. The zero-order chi connectivity index (χ0) is 19.4. The van der Waals surface area contributed by atoms with Crippen molar-refractivity contribution in [3.63, 3.8) is 0 Å². The van der Waals surface area contributed by atoms with Crippen molar-refractivity contribution in [1.82, 2.24) is 9.80 Å². The van der Waals surface area contributed by atoms with Crippen molar-refractivity contribution < 1.29 is 9.18 Å². The molecule has 1 aliphatic carbocycles. The lowest BCUT2D eigenvalue weighted by Crippen LogP contribution is -2.49. The summed E-state index contributed by atoms with van der Waals surface area (Å²) in [7, 11) is 0. The largest absolute Gasteiger partial charge is 0.341 e. The van der Waals surface area contributed by atoms with Gasteiger partial charge in [-0.3, -0.25) is 9.69 Å². The van der Waals surface area contributed by atoms with E-state index in [4.69, 9.17) is 0 Å². The van der Waals surface area contributed by atoms with Crippen LogP contribution in [0, 0.1) is 5.82 Å². The van der Waals surface area contributed by atoms with Gasteiger partial charge in [0.25, 0.3) is 0 Å². The first-order chi connectivity index (χ1) is 13.7. The Balaban J connectivity index is 1.49. The maximum atomic E-state index is 13.8. The van der Waals surface area contributed by atoms with Gasteiger partial charge in [0.2, 0.25) is 5.91 Å². The minimum Gasteiger partial charge on any atom is -0.341 e. The highest BCUT2D eigenvalue weighted by molar-refractivity contribution is 7.07. The fourth-order valence-corrected chi connectivity index (χ4v) is 5.49. The second-order valence-electron chi connectivity index (χ2n) is 8.20. The Morgan fingerprint density at radius 2 is 1.75 bits per heavy atom. The lowest BCUT2D eigenvalue weighted by atomic mass is 9.68. The molecule has 2 fully saturated rings. The van der Waals surface area contributed by atoms with E-state index in [0.717, 1.165) is 70.4 Å². The molecule has 0 bridgehead atoms. The van der Waals surface area contributed by atoms with E-state index < -0.39 is 5.41 Å². The number of amides is 1. The average molecular weight is 401 g/mol. The van der Waals surface area contributed by atoms with E-state index in [9.17, 15) is 9.18 Å². The van der Waals surface area contributed by atoms with Gasteiger partial charge in [-0.2, -0.15) is 11.3 Å². The molecule has 1 amide bonds. The van der Waals surface area contributed by atoms with Crippen molar-refractivity contribution >= 4 is 17.2 Å². The maximum Gasteiger partial charge on any atom is 0.233 e. The second-order valence-corrected chi connectivity index (χ2v) is 8.98. The lowest BCUT2D eigenvalue weighted by molar-refractivity contribution is -0.138. The molecule has 2 heterocycles. The molecule has 2 aliphatic rings. The first-order valence-electron chi connectivity index (χ1n) is 10.5. The predicted molar refractivity (Wildman–Crippen MR) is 112 cm³/mol. The van der Waals surface area contributed by atoms with Gasteiger partial charge in [0.15, 0.2) is 0 Å². The van der Waals surface area contributed by atoms with Gasteiger partial charge in [-0.15, -0.1) is 0 Å². The zero-order valence-corrected chi connectivity index (χ0v) is 17.2. The van der Waals surface area contributed by atoms with Crippen LogP contribution >= 0.6 is 11.3 Å². The molecular formula is C23H29FN2OS. The van der Waals surface area contributed by atoms with Crippen molar-refractivity contribution in [2.75, 3.05) is 26.2 Å². The molecule has 3 nitrogen and oxygen atoms in total. The molecule has 4 rings (SSSR count). The number of carbonyl (C=O) groups is 1. The Labute approximate surface area is 171 Å². The zero-order valence-electron chi connectivity index (χ0n) is 16.4. The van der Waals surface area contributed by atoms with E-state index in [-0.39, 0.29) is 11.7 Å². The van der Waals surface area contributed by atoms with Crippen LogP contribution in [0.1, 0.15) is 49.7 Å². The fraction of sp³-hybridized carbons (Fsp3) is 0.522. The van der Waals surface area contributed by atoms with E-state index in [1.165, 1.54) is 24.1 Å². The summed E-state index contributed by atoms with van der Waals surface area (Å²) in [5.74, 6) is 0.0252. The van der Waals surface area contributed by atoms with Gasteiger partial charge < -0.3 is 4.90 Å². The van der Waals surface area contributed by atoms with Crippen LogP contribution in [0.4, 0.5) is 4.39 Å². The van der Waals surface area contributed by atoms with Gasteiger partial charge in [-0.1, -0.05) is 31.4 Å². The molecule has 1 aromatic carbocycles. The van der Waals surface area contributed by atoms with Crippen molar-refractivity contribution in [2.24, 2.45) is 0 Å². The molecule has 1 aromatic heterocycles. The van der Waals surface area contributed by atoms with Crippen LogP contribution in [0.15, 0.2) is 41.1 Å². The third kappa shape index (κ3) is 4.15. The highest BCUT2D eigenvalue weighted by atomic mass is 32.1. The summed E-state index contributed by atoms with van der Waals surface area (Å²) in [5, 5.41) is 4.33. The Bertz CT molecular complexity index is 768. The van der Waals surface area contributed by atoms with Gasteiger partial charge in [0, 0.05) is 32.7 Å².